The Balaban J connectivity index is 1.87. The first-order chi connectivity index (χ1) is 17.6. The molecule has 6 rings (SSSR count). The average Bonchev–Trinajstić information content (AvgIpc) is 3.47. The predicted octanol–water partition coefficient (Wildman–Crippen LogP) is 10.7. The Kier molecular flexibility index (Phi) is 5.50. The Bertz CT molecular complexity index is 1770. The van der Waals surface area contributed by atoms with Crippen molar-refractivity contribution in [3.63, 3.8) is 0 Å². The number of allylic oxidation sites excluding steroid dienone is 2. The summed E-state index contributed by atoms with van der Waals surface area (Å²) >= 11 is 0. The van der Waals surface area contributed by atoms with E-state index in [9.17, 15) is 0 Å². The van der Waals surface area contributed by atoms with Crippen molar-refractivity contribution >= 4 is 44.5 Å². The minimum atomic E-state index is 1.10. The molecule has 190 valence electrons. The highest BCUT2D eigenvalue weighted by atomic mass is 14.3. The monoisotopic (exact) mass is 486 g/mol. The number of unbranched alkanes of at least 4 members (excludes halogenated alkanes) is 1. The molecule has 0 aliphatic heterocycles. The quantitative estimate of drug-likeness (QED) is 0.253. The number of fused-ring (bicyclic) bond motifs is 9. The van der Waals surface area contributed by atoms with Crippen LogP contribution in [0.3, 0.4) is 0 Å². The SMILES string of the molecule is CCCCC1=Cc2c(c(C)c(C)c3c2c(C)c(C)c2c4c(C)c(C)c5c(c4c(C)c(C)c32)C=C(C)C5)C1. The lowest BCUT2D eigenvalue weighted by molar-refractivity contribution is 0.779. The fraction of sp³-hybridized carbons (Fsp3) is 0.405. The van der Waals surface area contributed by atoms with Crippen LogP contribution in [0.25, 0.3) is 44.5 Å². The van der Waals surface area contributed by atoms with E-state index in [2.05, 4.69) is 81.4 Å². The van der Waals surface area contributed by atoms with Gasteiger partial charge in [0.25, 0.3) is 0 Å². The van der Waals surface area contributed by atoms with Crippen molar-refractivity contribution in [2.24, 2.45) is 0 Å². The van der Waals surface area contributed by atoms with Gasteiger partial charge >= 0.3 is 0 Å². The molecule has 0 unspecified atom stereocenters. The van der Waals surface area contributed by atoms with Crippen molar-refractivity contribution in [3.8, 4) is 0 Å². The lowest BCUT2D eigenvalue weighted by Gasteiger charge is -2.25. The number of hydrogen-bond donors (Lipinski definition) is 0. The molecule has 0 bridgehead atoms. The standard InChI is InChI=1S/C37H42/c1-11-12-13-27-16-29-20(4)22(6)35-33(31(29)17-27)24(8)26(10)36-34-21(5)19(3)28-14-18(2)15-30(28)32(34)23(7)25(9)37(35)36/h15,17H,11-14,16H2,1-10H3. The van der Waals surface area contributed by atoms with Gasteiger partial charge in [0.1, 0.15) is 0 Å². The van der Waals surface area contributed by atoms with Gasteiger partial charge in [-0.15, -0.1) is 0 Å². The van der Waals surface area contributed by atoms with Crippen molar-refractivity contribution in [1.29, 1.82) is 0 Å². The van der Waals surface area contributed by atoms with Crippen LogP contribution >= 0.6 is 0 Å². The van der Waals surface area contributed by atoms with Gasteiger partial charge in [-0.05, 0) is 187 Å². The number of hydrogen-bond acceptors (Lipinski definition) is 0. The van der Waals surface area contributed by atoms with E-state index in [1.165, 1.54) is 113 Å². The molecule has 0 heteroatoms. The van der Waals surface area contributed by atoms with Gasteiger partial charge in [-0.1, -0.05) is 36.6 Å². The van der Waals surface area contributed by atoms with Gasteiger partial charge in [0.05, 0.1) is 0 Å². The van der Waals surface area contributed by atoms with Crippen LogP contribution < -0.4 is 0 Å². The van der Waals surface area contributed by atoms with Crippen LogP contribution in [-0.2, 0) is 12.8 Å². The van der Waals surface area contributed by atoms with Gasteiger partial charge in [-0.3, -0.25) is 0 Å². The molecule has 2 aliphatic carbocycles. The molecule has 0 saturated heterocycles. The number of aryl methyl sites for hydroxylation is 6. The minimum Gasteiger partial charge on any atom is -0.0683 e. The van der Waals surface area contributed by atoms with Crippen LogP contribution in [-0.4, -0.2) is 0 Å². The van der Waals surface area contributed by atoms with Gasteiger partial charge in [0.2, 0.25) is 0 Å². The summed E-state index contributed by atoms with van der Waals surface area (Å²) < 4.78 is 0. The Morgan fingerprint density at radius 2 is 0.892 bits per heavy atom. The second-order valence-electron chi connectivity index (χ2n) is 12.3. The van der Waals surface area contributed by atoms with Crippen molar-refractivity contribution in [3.05, 3.63) is 77.9 Å². The van der Waals surface area contributed by atoms with Crippen LogP contribution in [0.5, 0.6) is 0 Å². The van der Waals surface area contributed by atoms with Crippen LogP contribution in [0.1, 0.15) is 99.9 Å². The first kappa shape index (κ1) is 24.5. The van der Waals surface area contributed by atoms with Crippen LogP contribution in [0.4, 0.5) is 0 Å². The van der Waals surface area contributed by atoms with Gasteiger partial charge < -0.3 is 0 Å². The molecule has 2 aliphatic rings. The first-order valence-electron chi connectivity index (χ1n) is 14.4. The molecule has 0 amide bonds. The third-order valence-corrected chi connectivity index (χ3v) is 10.3. The molecule has 4 aromatic rings. The summed E-state index contributed by atoms with van der Waals surface area (Å²) in [5.41, 5.74) is 21.1. The average molecular weight is 487 g/mol. The number of rotatable bonds is 3. The van der Waals surface area contributed by atoms with Gasteiger partial charge in [0, 0.05) is 0 Å². The molecule has 0 spiro atoms. The van der Waals surface area contributed by atoms with E-state index in [0.717, 1.165) is 12.8 Å². The molecule has 0 saturated carbocycles. The van der Waals surface area contributed by atoms with E-state index in [1.807, 2.05) is 0 Å². The van der Waals surface area contributed by atoms with Crippen molar-refractivity contribution < 1.29 is 0 Å². The fourth-order valence-electron chi connectivity index (χ4n) is 7.73. The summed E-state index contributed by atoms with van der Waals surface area (Å²) in [4.78, 5) is 0. The first-order valence-corrected chi connectivity index (χ1v) is 14.4. The normalized spacial score (nSPS) is 14.6. The molecular weight excluding hydrogens is 444 g/mol. The van der Waals surface area contributed by atoms with Crippen LogP contribution in [0.2, 0.25) is 0 Å². The highest BCUT2D eigenvalue weighted by molar-refractivity contribution is 6.26. The molecule has 0 nitrogen and oxygen atoms in total. The highest BCUT2D eigenvalue weighted by Crippen LogP contribution is 2.49. The molecule has 4 aromatic carbocycles. The Morgan fingerprint density at radius 1 is 0.486 bits per heavy atom. The zero-order chi connectivity index (χ0) is 26.5. The maximum Gasteiger partial charge on any atom is -0.00549 e. The van der Waals surface area contributed by atoms with E-state index in [4.69, 9.17) is 0 Å². The molecule has 0 radical (unpaired) electrons. The number of benzene rings is 4. The highest BCUT2D eigenvalue weighted by Gasteiger charge is 2.28. The molecule has 0 heterocycles. The third-order valence-electron chi connectivity index (χ3n) is 10.3. The lowest BCUT2D eigenvalue weighted by atomic mass is 9.78. The second-order valence-corrected chi connectivity index (χ2v) is 12.3. The molecule has 0 fully saturated rings. The maximum absolute atomic E-state index is 2.57. The summed E-state index contributed by atoms with van der Waals surface area (Å²) in [5, 5.41) is 9.03. The van der Waals surface area contributed by atoms with Gasteiger partial charge in [0.15, 0.2) is 0 Å². The van der Waals surface area contributed by atoms with Gasteiger partial charge in [-0.25, -0.2) is 0 Å². The molecule has 37 heavy (non-hydrogen) atoms. The lowest BCUT2D eigenvalue weighted by Crippen LogP contribution is -2.04. The fourth-order valence-corrected chi connectivity index (χ4v) is 7.73. The summed E-state index contributed by atoms with van der Waals surface area (Å²) in [6, 6.07) is 0. The van der Waals surface area contributed by atoms with E-state index in [0.29, 0.717) is 0 Å². The zero-order valence-electron chi connectivity index (χ0n) is 24.7. The minimum absolute atomic E-state index is 1.10. The zero-order valence-corrected chi connectivity index (χ0v) is 24.7. The Morgan fingerprint density at radius 3 is 1.41 bits per heavy atom. The van der Waals surface area contributed by atoms with Crippen LogP contribution in [0, 0.1) is 55.4 Å². The summed E-state index contributed by atoms with van der Waals surface area (Å²) in [6.07, 6.45) is 11.1. The Hall–Kier alpha value is -2.86. The largest absolute Gasteiger partial charge is 0.0683 e. The summed E-state index contributed by atoms with van der Waals surface area (Å²) in [7, 11) is 0. The smallest absolute Gasteiger partial charge is 0.00549 e. The maximum atomic E-state index is 2.57. The molecule has 0 N–H and O–H groups in total. The van der Waals surface area contributed by atoms with E-state index in [1.54, 1.807) is 16.7 Å². The molecule has 0 aromatic heterocycles. The van der Waals surface area contributed by atoms with Crippen molar-refractivity contribution in [2.45, 2.75) is 101 Å². The summed E-state index contributed by atoms with van der Waals surface area (Å²) in [6.45, 7) is 23.7. The third kappa shape index (κ3) is 3.14. The second kappa shape index (κ2) is 8.32. The van der Waals surface area contributed by atoms with Crippen molar-refractivity contribution in [1.82, 2.24) is 0 Å². The van der Waals surface area contributed by atoms with Crippen LogP contribution in [0.15, 0.2) is 11.1 Å². The van der Waals surface area contributed by atoms with E-state index in [-0.39, 0.29) is 0 Å². The summed E-state index contributed by atoms with van der Waals surface area (Å²) in [5.74, 6) is 0. The molecular formula is C37H42. The van der Waals surface area contributed by atoms with Gasteiger partial charge in [-0.2, -0.15) is 0 Å². The molecule has 0 atom stereocenters. The Labute approximate surface area is 223 Å². The topological polar surface area (TPSA) is 0 Å². The predicted molar refractivity (Wildman–Crippen MR) is 165 cm³/mol. The van der Waals surface area contributed by atoms with E-state index >= 15 is 0 Å². The van der Waals surface area contributed by atoms with Crippen molar-refractivity contribution in [2.75, 3.05) is 0 Å². The van der Waals surface area contributed by atoms with E-state index < -0.39 is 0 Å².